The van der Waals surface area contributed by atoms with Crippen LogP contribution in [0.25, 0.3) is 44.5 Å². The van der Waals surface area contributed by atoms with Crippen LogP contribution < -0.4 is 0 Å². The second-order valence-corrected chi connectivity index (χ2v) is 21.6. The number of rotatable bonds is 10. The Morgan fingerprint density at radius 2 is 0.797 bits per heavy atom. The van der Waals surface area contributed by atoms with E-state index in [1.165, 1.54) is 11.1 Å². The SMILES string of the molecule is Cc1cc(C)c(-c2cc(C)cc(-c3ccccc3[OH+]CC(C)(C)C[OH+]c3ccccc3-c3cc(C(C)(C)C)cc(-c4c(C)cc(C)cc4C)c3O)c2O)c(C)c1.[Cl][Zr][Cl]. The number of hydrogen-bond acceptors (Lipinski definition) is 2. The number of para-hydroxylation sites is 2. The zero-order valence-corrected chi connectivity index (χ0v) is 40.7. The molecule has 6 rings (SSSR count). The van der Waals surface area contributed by atoms with Crippen molar-refractivity contribution in [3.63, 3.8) is 0 Å². The molecule has 4 nitrogen and oxygen atoms in total. The number of benzene rings is 6. The van der Waals surface area contributed by atoms with Crippen LogP contribution in [0.4, 0.5) is 0 Å². The molecule has 4 N–H and O–H groups in total. The molecule has 308 valence electrons. The van der Waals surface area contributed by atoms with Gasteiger partial charge in [-0.15, -0.1) is 0 Å². The molecule has 0 aromatic heterocycles. The fraction of sp³-hybridized carbons (Fsp3) is 0.308. The van der Waals surface area contributed by atoms with E-state index in [9.17, 15) is 10.2 Å². The average Bonchev–Trinajstić information content (AvgIpc) is 3.14. The van der Waals surface area contributed by atoms with Crippen LogP contribution in [0.15, 0.2) is 97.1 Å². The summed E-state index contributed by atoms with van der Waals surface area (Å²) < 4.78 is 10.4. The Morgan fingerprint density at radius 1 is 0.475 bits per heavy atom. The van der Waals surface area contributed by atoms with E-state index in [0.717, 1.165) is 89.4 Å². The molecule has 0 heterocycles. The van der Waals surface area contributed by atoms with Gasteiger partial charge >= 0.3 is 37.9 Å². The van der Waals surface area contributed by atoms with Crippen LogP contribution in [-0.4, -0.2) is 32.9 Å². The number of phenolic OH excluding ortho intramolecular Hbond substituents is 2. The molecule has 0 aliphatic carbocycles. The van der Waals surface area contributed by atoms with Gasteiger partial charge in [-0.25, -0.2) is 0 Å². The van der Waals surface area contributed by atoms with E-state index in [0.29, 0.717) is 13.2 Å². The van der Waals surface area contributed by atoms with E-state index in [1.807, 2.05) is 42.5 Å². The quantitative estimate of drug-likeness (QED) is 0.135. The first-order valence-corrected chi connectivity index (χ1v) is 26.5. The minimum atomic E-state index is -0.826. The molecule has 7 heteroatoms. The van der Waals surface area contributed by atoms with Gasteiger partial charge in [0.25, 0.3) is 11.5 Å². The van der Waals surface area contributed by atoms with Crippen LogP contribution >= 0.6 is 17.0 Å². The Balaban J connectivity index is 0.00000214. The maximum absolute atomic E-state index is 12.1. The van der Waals surface area contributed by atoms with E-state index in [-0.39, 0.29) is 22.3 Å². The number of halogens is 2. The zero-order chi connectivity index (χ0) is 43.4. The fourth-order valence-corrected chi connectivity index (χ4v) is 8.17. The maximum atomic E-state index is 12.1. The molecule has 0 aliphatic heterocycles. The molecule has 0 spiro atoms. The molecule has 0 aliphatic rings. The van der Waals surface area contributed by atoms with Crippen molar-refractivity contribution in [1.29, 1.82) is 0 Å². The third-order valence-electron chi connectivity index (χ3n) is 10.9. The number of aliphatic hydroxyl groups is 2. The van der Waals surface area contributed by atoms with E-state index in [1.54, 1.807) is 0 Å². The summed E-state index contributed by atoms with van der Waals surface area (Å²) in [6, 6.07) is 33.4. The number of hydrogen-bond donors (Lipinski definition) is 2. The van der Waals surface area contributed by atoms with Crippen LogP contribution in [0.1, 0.15) is 79.1 Å². The molecule has 6 aromatic rings. The molecule has 0 unspecified atom stereocenters. The topological polar surface area (TPSA) is 66.1 Å². The second-order valence-electron chi connectivity index (χ2n) is 17.8. The van der Waals surface area contributed by atoms with E-state index in [2.05, 4.69) is 138 Å². The Hall–Kier alpha value is -4.02. The van der Waals surface area contributed by atoms with Crippen LogP contribution in [0.5, 0.6) is 23.0 Å². The molecule has 0 atom stereocenters. The van der Waals surface area contributed by atoms with Gasteiger partial charge in [-0.3, -0.25) is 0 Å². The molecular weight excluding hydrogens is 851 g/mol. The normalized spacial score (nSPS) is 11.5. The number of aromatic hydroxyl groups is 4. The summed E-state index contributed by atoms with van der Waals surface area (Å²) in [6.45, 7) is 26.9. The molecule has 0 saturated carbocycles. The van der Waals surface area contributed by atoms with Gasteiger partial charge in [-0.2, -0.15) is 0 Å². The fourth-order valence-electron chi connectivity index (χ4n) is 8.17. The first-order valence-electron chi connectivity index (χ1n) is 20.1. The number of phenols is 2. The van der Waals surface area contributed by atoms with Gasteiger partial charge in [-0.1, -0.05) is 80.4 Å². The van der Waals surface area contributed by atoms with Gasteiger partial charge in [0.15, 0.2) is 13.2 Å². The molecule has 0 fully saturated rings. The van der Waals surface area contributed by atoms with Crippen LogP contribution in [0.2, 0.25) is 0 Å². The summed E-state index contributed by atoms with van der Waals surface area (Å²) in [5.41, 5.74) is 16.1. The summed E-state index contributed by atoms with van der Waals surface area (Å²) >= 11 is -0.826. The average molecular weight is 911 g/mol. The molecule has 0 saturated heterocycles. The van der Waals surface area contributed by atoms with Crippen LogP contribution in [-0.2, 0) is 26.3 Å². The van der Waals surface area contributed by atoms with Gasteiger partial charge in [0.2, 0.25) is 0 Å². The number of ether oxygens (including phenoxy) is 2. The van der Waals surface area contributed by atoms with E-state index < -0.39 is 20.8 Å². The summed E-state index contributed by atoms with van der Waals surface area (Å²) in [6.07, 6.45) is 0. The van der Waals surface area contributed by atoms with Gasteiger partial charge in [-0.05, 0) is 149 Å². The molecule has 0 bridgehead atoms. The predicted octanol–water partition coefficient (Wildman–Crippen LogP) is 14.8. The molecule has 59 heavy (non-hydrogen) atoms. The summed E-state index contributed by atoms with van der Waals surface area (Å²) in [5, 5.41) is 23.9. The Bertz CT molecular complexity index is 2420. The van der Waals surface area contributed by atoms with Crippen LogP contribution in [0.3, 0.4) is 0 Å². The van der Waals surface area contributed by atoms with Gasteiger partial charge in [0, 0.05) is 34.4 Å². The van der Waals surface area contributed by atoms with E-state index in [4.69, 9.17) is 26.5 Å². The number of aryl methyl sites for hydroxylation is 7. The zero-order valence-electron chi connectivity index (χ0n) is 36.7. The minimum absolute atomic E-state index is 0.134. The third-order valence-corrected chi connectivity index (χ3v) is 10.9. The predicted molar refractivity (Wildman–Crippen MR) is 248 cm³/mol. The van der Waals surface area contributed by atoms with Crippen molar-refractivity contribution < 1.29 is 40.5 Å². The summed E-state index contributed by atoms with van der Waals surface area (Å²) in [4.78, 5) is 0. The first kappa shape index (κ1) is 46.1. The van der Waals surface area contributed by atoms with Crippen molar-refractivity contribution in [1.82, 2.24) is 0 Å². The Kier molecular flexibility index (Phi) is 14.9. The molecule has 6 aromatic carbocycles. The Labute approximate surface area is 371 Å². The molecule has 0 radical (unpaired) electrons. The first-order chi connectivity index (χ1) is 27.8. The third kappa shape index (κ3) is 10.8. The van der Waals surface area contributed by atoms with Crippen molar-refractivity contribution in [2.45, 2.75) is 88.5 Å². The van der Waals surface area contributed by atoms with Crippen molar-refractivity contribution in [2.24, 2.45) is 5.41 Å². The van der Waals surface area contributed by atoms with Gasteiger partial charge in [0.05, 0.1) is 11.1 Å². The Morgan fingerprint density at radius 3 is 1.20 bits per heavy atom. The second kappa shape index (κ2) is 19.1. The molecule has 0 amide bonds. The van der Waals surface area contributed by atoms with Gasteiger partial charge in [0.1, 0.15) is 16.9 Å². The van der Waals surface area contributed by atoms with Gasteiger partial charge < -0.3 is 19.7 Å². The summed E-state index contributed by atoms with van der Waals surface area (Å²) in [7, 11) is 9.87. The standard InChI is InChI=1S/C52H58O4.2ClH.Zr/c1-31-21-34(4)47(35(5)22-31)43-26-33(3)25-41(49(43)53)39-17-13-15-19-45(39)55-29-52(11,12)30-56-46-20-16-14-18-40(46)42-27-38(51(8,9)10)28-44(50(42)54)48-36(6)23-32(2)24-37(48)7;;;/h13-28,53-54H,29-30H2,1-12H3;2*1H;/q;;;+2. The van der Waals surface area contributed by atoms with E-state index >= 15 is 0 Å². The molecular formula is C52H60Cl2O4Zr+2. The van der Waals surface area contributed by atoms with Crippen molar-refractivity contribution in [3.05, 3.63) is 142 Å². The van der Waals surface area contributed by atoms with Crippen LogP contribution in [0, 0.1) is 53.9 Å². The van der Waals surface area contributed by atoms with Crippen molar-refractivity contribution in [3.8, 4) is 67.5 Å². The monoisotopic (exact) mass is 908 g/mol. The van der Waals surface area contributed by atoms with Crippen molar-refractivity contribution >= 4 is 17.0 Å². The summed E-state index contributed by atoms with van der Waals surface area (Å²) in [5.74, 6) is 2.22. The van der Waals surface area contributed by atoms with Crippen molar-refractivity contribution in [2.75, 3.05) is 13.2 Å².